The van der Waals surface area contributed by atoms with Crippen molar-refractivity contribution in [2.24, 2.45) is 0 Å². The largest absolute Gasteiger partial charge is 0.399 e. The van der Waals surface area contributed by atoms with E-state index in [1.54, 1.807) is 0 Å². The third kappa shape index (κ3) is 2.77. The monoisotopic (exact) mass is 260 g/mol. The highest BCUT2D eigenvalue weighted by molar-refractivity contribution is 5.43. The minimum atomic E-state index is 0.252. The van der Waals surface area contributed by atoms with Crippen LogP contribution in [0.5, 0.6) is 0 Å². The lowest BCUT2D eigenvalue weighted by Gasteiger charge is -2.36. The smallest absolute Gasteiger partial charge is 0.0483 e. The molecule has 1 saturated carbocycles. The van der Waals surface area contributed by atoms with Crippen LogP contribution >= 0.6 is 0 Å². The molecule has 0 bridgehead atoms. The number of hydrogen-bond donors (Lipinski definition) is 2. The van der Waals surface area contributed by atoms with Crippen LogP contribution in [0.4, 0.5) is 5.69 Å². The van der Waals surface area contributed by atoms with E-state index >= 15 is 0 Å². The van der Waals surface area contributed by atoms with Crippen molar-refractivity contribution in [2.75, 3.05) is 25.5 Å². The number of nitrogens with two attached hydrogens (primary N) is 1. The van der Waals surface area contributed by atoms with Crippen molar-refractivity contribution in [1.82, 2.24) is 5.32 Å². The normalized spacial score (nSPS) is 24.1. The van der Waals surface area contributed by atoms with Gasteiger partial charge in [0.15, 0.2) is 0 Å². The first-order chi connectivity index (χ1) is 9.12. The van der Waals surface area contributed by atoms with Crippen LogP contribution in [-0.4, -0.2) is 25.3 Å². The number of anilines is 1. The SMILES string of the molecule is CC1(NCC2(c3ccc(N)cc3)CC2)CCOCC1. The zero-order valence-corrected chi connectivity index (χ0v) is 11.7. The average Bonchev–Trinajstić information content (AvgIpc) is 3.20. The minimum absolute atomic E-state index is 0.252. The molecule has 1 aliphatic carbocycles. The second-order valence-electron chi connectivity index (χ2n) is 6.43. The molecule has 2 aliphatic rings. The van der Waals surface area contributed by atoms with Crippen LogP contribution in [0.3, 0.4) is 0 Å². The standard InChI is InChI=1S/C16H24N2O/c1-15(8-10-19-11-9-15)18-12-16(6-7-16)13-2-4-14(17)5-3-13/h2-5,18H,6-12,17H2,1H3. The van der Waals surface area contributed by atoms with E-state index in [-0.39, 0.29) is 5.54 Å². The maximum absolute atomic E-state index is 5.77. The van der Waals surface area contributed by atoms with Crippen LogP contribution in [0.2, 0.25) is 0 Å². The molecule has 3 heteroatoms. The maximum Gasteiger partial charge on any atom is 0.0483 e. The van der Waals surface area contributed by atoms with Gasteiger partial charge in [0.2, 0.25) is 0 Å². The number of rotatable bonds is 4. The lowest BCUT2D eigenvalue weighted by atomic mass is 9.89. The topological polar surface area (TPSA) is 47.3 Å². The van der Waals surface area contributed by atoms with Crippen molar-refractivity contribution < 1.29 is 4.74 Å². The molecule has 1 aromatic carbocycles. The fourth-order valence-electron chi connectivity index (χ4n) is 2.94. The lowest BCUT2D eigenvalue weighted by Crippen LogP contribution is -2.49. The van der Waals surface area contributed by atoms with E-state index in [4.69, 9.17) is 10.5 Å². The van der Waals surface area contributed by atoms with E-state index < -0.39 is 0 Å². The van der Waals surface area contributed by atoms with Crippen molar-refractivity contribution in [2.45, 2.75) is 43.6 Å². The molecule has 0 radical (unpaired) electrons. The Morgan fingerprint density at radius 2 is 1.74 bits per heavy atom. The fraction of sp³-hybridized carbons (Fsp3) is 0.625. The summed E-state index contributed by atoms with van der Waals surface area (Å²) in [4.78, 5) is 0. The van der Waals surface area contributed by atoms with Gasteiger partial charge in [0.1, 0.15) is 0 Å². The van der Waals surface area contributed by atoms with E-state index in [0.717, 1.165) is 38.3 Å². The summed E-state index contributed by atoms with van der Waals surface area (Å²) in [5.41, 5.74) is 8.67. The van der Waals surface area contributed by atoms with E-state index in [9.17, 15) is 0 Å². The summed E-state index contributed by atoms with van der Waals surface area (Å²) in [6.07, 6.45) is 4.81. The molecule has 0 unspecified atom stereocenters. The molecule has 0 atom stereocenters. The van der Waals surface area contributed by atoms with Gasteiger partial charge in [-0.15, -0.1) is 0 Å². The number of hydrogen-bond acceptors (Lipinski definition) is 3. The summed E-state index contributed by atoms with van der Waals surface area (Å²) in [6, 6.07) is 8.42. The van der Waals surface area contributed by atoms with Crippen molar-refractivity contribution in [3.8, 4) is 0 Å². The molecule has 1 aromatic rings. The van der Waals surface area contributed by atoms with Gasteiger partial charge in [0.25, 0.3) is 0 Å². The molecule has 3 nitrogen and oxygen atoms in total. The number of ether oxygens (including phenoxy) is 1. The number of benzene rings is 1. The van der Waals surface area contributed by atoms with Gasteiger partial charge in [-0.25, -0.2) is 0 Å². The van der Waals surface area contributed by atoms with Gasteiger partial charge in [-0.2, -0.15) is 0 Å². The van der Waals surface area contributed by atoms with Crippen molar-refractivity contribution in [3.63, 3.8) is 0 Å². The van der Waals surface area contributed by atoms with Crippen LogP contribution in [-0.2, 0) is 10.2 Å². The second-order valence-corrected chi connectivity index (χ2v) is 6.43. The highest BCUT2D eigenvalue weighted by atomic mass is 16.5. The van der Waals surface area contributed by atoms with Crippen LogP contribution in [0.15, 0.2) is 24.3 Å². The zero-order chi connectivity index (χ0) is 13.3. The molecule has 3 N–H and O–H groups in total. The van der Waals surface area contributed by atoms with Gasteiger partial charge in [0, 0.05) is 36.4 Å². The summed E-state index contributed by atoms with van der Waals surface area (Å²) in [5, 5.41) is 3.80. The predicted octanol–water partition coefficient (Wildman–Crippen LogP) is 2.46. The van der Waals surface area contributed by atoms with Crippen LogP contribution < -0.4 is 11.1 Å². The first-order valence-electron chi connectivity index (χ1n) is 7.31. The second kappa shape index (κ2) is 4.80. The van der Waals surface area contributed by atoms with Crippen LogP contribution in [0.1, 0.15) is 38.2 Å². The molecule has 0 aromatic heterocycles. The van der Waals surface area contributed by atoms with Gasteiger partial charge in [-0.1, -0.05) is 12.1 Å². The molecular weight excluding hydrogens is 236 g/mol. The molecule has 0 amide bonds. The maximum atomic E-state index is 5.77. The van der Waals surface area contributed by atoms with E-state index in [0.29, 0.717) is 5.41 Å². The van der Waals surface area contributed by atoms with E-state index in [1.165, 1.54) is 18.4 Å². The Morgan fingerprint density at radius 1 is 1.11 bits per heavy atom. The third-order valence-corrected chi connectivity index (χ3v) is 4.83. The average molecular weight is 260 g/mol. The van der Waals surface area contributed by atoms with Gasteiger partial charge in [-0.3, -0.25) is 0 Å². The summed E-state index contributed by atoms with van der Waals surface area (Å²) >= 11 is 0. The quantitative estimate of drug-likeness (QED) is 0.818. The Hall–Kier alpha value is -1.06. The molecule has 3 rings (SSSR count). The van der Waals surface area contributed by atoms with Crippen molar-refractivity contribution >= 4 is 5.69 Å². The Kier molecular flexibility index (Phi) is 3.27. The molecule has 0 spiro atoms. The molecule has 1 heterocycles. The molecule has 2 fully saturated rings. The Labute approximate surface area is 115 Å². The first kappa shape index (κ1) is 12.9. The summed E-state index contributed by atoms with van der Waals surface area (Å²) < 4.78 is 5.46. The lowest BCUT2D eigenvalue weighted by molar-refractivity contribution is 0.0444. The first-order valence-corrected chi connectivity index (χ1v) is 7.31. The summed E-state index contributed by atoms with van der Waals surface area (Å²) in [6.45, 7) is 5.18. The van der Waals surface area contributed by atoms with Gasteiger partial charge >= 0.3 is 0 Å². The third-order valence-electron chi connectivity index (χ3n) is 4.83. The molecule has 1 aliphatic heterocycles. The van der Waals surface area contributed by atoms with E-state index in [1.807, 2.05) is 12.1 Å². The number of nitrogen functional groups attached to an aromatic ring is 1. The van der Waals surface area contributed by atoms with E-state index in [2.05, 4.69) is 24.4 Å². The molecule has 104 valence electrons. The predicted molar refractivity (Wildman–Crippen MR) is 78.2 cm³/mol. The summed E-state index contributed by atoms with van der Waals surface area (Å²) in [5.74, 6) is 0. The fourth-order valence-corrected chi connectivity index (χ4v) is 2.94. The molecular formula is C16H24N2O. The zero-order valence-electron chi connectivity index (χ0n) is 11.7. The van der Waals surface area contributed by atoms with Crippen molar-refractivity contribution in [3.05, 3.63) is 29.8 Å². The van der Waals surface area contributed by atoms with Gasteiger partial charge < -0.3 is 15.8 Å². The minimum Gasteiger partial charge on any atom is -0.399 e. The van der Waals surface area contributed by atoms with Crippen LogP contribution in [0.25, 0.3) is 0 Å². The Bertz CT molecular complexity index is 431. The summed E-state index contributed by atoms with van der Waals surface area (Å²) in [7, 11) is 0. The molecule has 1 saturated heterocycles. The van der Waals surface area contributed by atoms with Crippen molar-refractivity contribution in [1.29, 1.82) is 0 Å². The van der Waals surface area contributed by atoms with Gasteiger partial charge in [-0.05, 0) is 50.3 Å². The highest BCUT2D eigenvalue weighted by Gasteiger charge is 2.45. The number of nitrogens with one attached hydrogen (secondary N) is 1. The van der Waals surface area contributed by atoms with Crippen LogP contribution in [0, 0.1) is 0 Å². The Balaban J connectivity index is 1.64. The van der Waals surface area contributed by atoms with Gasteiger partial charge in [0.05, 0.1) is 0 Å². The highest BCUT2D eigenvalue weighted by Crippen LogP contribution is 2.48. The Morgan fingerprint density at radius 3 is 2.32 bits per heavy atom. The molecule has 19 heavy (non-hydrogen) atoms.